The van der Waals surface area contributed by atoms with Crippen LogP contribution in [0, 0.1) is 0 Å². The first-order valence-electron chi connectivity index (χ1n) is 8.68. The Hall–Kier alpha value is -0.610. The van der Waals surface area contributed by atoms with E-state index in [1.165, 1.54) is 58.7 Å². The minimum atomic E-state index is -0.479. The van der Waals surface area contributed by atoms with E-state index in [4.69, 9.17) is 10.5 Å². The maximum absolute atomic E-state index is 11.5. The maximum Gasteiger partial charge on any atom is 0.322 e. The van der Waals surface area contributed by atoms with Crippen LogP contribution in [0.4, 0.5) is 0 Å². The molecule has 0 saturated carbocycles. The third kappa shape index (κ3) is 5.26. The molecule has 1 aliphatic heterocycles. The lowest BCUT2D eigenvalue weighted by molar-refractivity contribution is -0.142. The molecule has 0 amide bonds. The fourth-order valence-electron chi connectivity index (χ4n) is 3.59. The van der Waals surface area contributed by atoms with Gasteiger partial charge in [-0.05, 0) is 51.6 Å². The first-order valence-corrected chi connectivity index (χ1v) is 8.68. The summed E-state index contributed by atoms with van der Waals surface area (Å²) in [5.74, 6) is -0.283. The molecule has 0 bridgehead atoms. The van der Waals surface area contributed by atoms with E-state index in [1.807, 2.05) is 0 Å². The van der Waals surface area contributed by atoms with Crippen molar-refractivity contribution in [2.24, 2.45) is 5.73 Å². The van der Waals surface area contributed by atoms with Crippen molar-refractivity contribution in [1.29, 1.82) is 0 Å². The molecule has 1 saturated heterocycles. The fourth-order valence-corrected chi connectivity index (χ4v) is 3.59. The van der Waals surface area contributed by atoms with E-state index in [1.54, 1.807) is 0 Å². The molecule has 0 aromatic heterocycles. The van der Waals surface area contributed by atoms with Crippen molar-refractivity contribution < 1.29 is 9.53 Å². The van der Waals surface area contributed by atoms with E-state index in [2.05, 4.69) is 18.7 Å². The summed E-state index contributed by atoms with van der Waals surface area (Å²) in [7, 11) is 1.41. The summed E-state index contributed by atoms with van der Waals surface area (Å²) in [6.07, 6.45) is 10.5. The molecule has 0 aromatic rings. The van der Waals surface area contributed by atoms with Crippen molar-refractivity contribution in [2.45, 2.75) is 83.2 Å². The van der Waals surface area contributed by atoms with Crippen molar-refractivity contribution in [3.63, 3.8) is 0 Å². The molecule has 2 unspecified atom stereocenters. The highest BCUT2D eigenvalue weighted by Gasteiger charge is 2.35. The molecule has 1 fully saturated rings. The van der Waals surface area contributed by atoms with Crippen LogP contribution in [-0.4, -0.2) is 42.6 Å². The fraction of sp³-hybridized carbons (Fsp3) is 0.941. The Morgan fingerprint density at radius 1 is 1.24 bits per heavy atom. The van der Waals surface area contributed by atoms with Crippen LogP contribution in [0.25, 0.3) is 0 Å². The lowest BCUT2D eigenvalue weighted by atomic mass is 9.81. The average Bonchev–Trinajstić information content (AvgIpc) is 2.55. The van der Waals surface area contributed by atoms with Crippen LogP contribution in [0.3, 0.4) is 0 Å². The quantitative estimate of drug-likeness (QED) is 0.665. The SMILES string of the molecule is CCCCC(CC)(CCC(N)C(=O)OC)N1CCCCC1. The minimum Gasteiger partial charge on any atom is -0.468 e. The van der Waals surface area contributed by atoms with Crippen LogP contribution in [-0.2, 0) is 9.53 Å². The monoisotopic (exact) mass is 298 g/mol. The number of carbonyl (C=O) groups excluding carboxylic acids is 1. The number of carbonyl (C=O) groups is 1. The van der Waals surface area contributed by atoms with Gasteiger partial charge >= 0.3 is 5.97 Å². The maximum atomic E-state index is 11.5. The predicted octanol–water partition coefficient (Wildman–Crippen LogP) is 3.09. The number of hydrogen-bond acceptors (Lipinski definition) is 4. The summed E-state index contributed by atoms with van der Waals surface area (Å²) in [5, 5.41) is 0. The highest BCUT2D eigenvalue weighted by Crippen LogP contribution is 2.34. The van der Waals surface area contributed by atoms with Gasteiger partial charge in [-0.2, -0.15) is 0 Å². The number of unbranched alkanes of at least 4 members (excludes halogenated alkanes) is 1. The highest BCUT2D eigenvalue weighted by atomic mass is 16.5. The van der Waals surface area contributed by atoms with Gasteiger partial charge in [0.1, 0.15) is 6.04 Å². The van der Waals surface area contributed by atoms with Gasteiger partial charge in [0, 0.05) is 5.54 Å². The zero-order valence-electron chi connectivity index (χ0n) is 14.2. The average molecular weight is 298 g/mol. The molecule has 2 atom stereocenters. The molecule has 4 nitrogen and oxygen atoms in total. The molecule has 0 aromatic carbocycles. The third-order valence-electron chi connectivity index (χ3n) is 5.11. The van der Waals surface area contributed by atoms with Crippen molar-refractivity contribution in [2.75, 3.05) is 20.2 Å². The standard InChI is InChI=1S/C17H34N2O2/c1-4-6-11-17(5-2,19-13-8-7-9-14-19)12-10-15(18)16(20)21-3/h15H,4-14,18H2,1-3H3. The summed E-state index contributed by atoms with van der Waals surface area (Å²) >= 11 is 0. The van der Waals surface area contributed by atoms with Gasteiger partial charge in [-0.15, -0.1) is 0 Å². The zero-order chi connectivity index (χ0) is 15.7. The van der Waals surface area contributed by atoms with Crippen LogP contribution in [0.5, 0.6) is 0 Å². The molecule has 21 heavy (non-hydrogen) atoms. The summed E-state index contributed by atoms with van der Waals surface area (Å²) < 4.78 is 4.76. The minimum absolute atomic E-state index is 0.224. The second kappa shape index (κ2) is 9.42. The second-order valence-electron chi connectivity index (χ2n) is 6.40. The van der Waals surface area contributed by atoms with Crippen LogP contribution in [0.15, 0.2) is 0 Å². The molecule has 0 spiro atoms. The Morgan fingerprint density at radius 3 is 2.43 bits per heavy atom. The van der Waals surface area contributed by atoms with E-state index < -0.39 is 6.04 Å². The summed E-state index contributed by atoms with van der Waals surface area (Å²) in [6.45, 7) is 6.93. The molecule has 0 radical (unpaired) electrons. The number of rotatable bonds is 9. The van der Waals surface area contributed by atoms with Gasteiger partial charge in [0.15, 0.2) is 0 Å². The molecule has 1 rings (SSSR count). The molecule has 0 aliphatic carbocycles. The van der Waals surface area contributed by atoms with E-state index in [0.717, 1.165) is 19.3 Å². The molecular formula is C17H34N2O2. The first kappa shape index (κ1) is 18.4. The largest absolute Gasteiger partial charge is 0.468 e. The van der Waals surface area contributed by atoms with Gasteiger partial charge in [-0.3, -0.25) is 9.69 Å². The van der Waals surface area contributed by atoms with Crippen molar-refractivity contribution >= 4 is 5.97 Å². The summed E-state index contributed by atoms with van der Waals surface area (Å²) in [4.78, 5) is 14.2. The van der Waals surface area contributed by atoms with Crippen molar-refractivity contribution in [3.8, 4) is 0 Å². The number of piperidine rings is 1. The topological polar surface area (TPSA) is 55.6 Å². The van der Waals surface area contributed by atoms with Gasteiger partial charge in [-0.25, -0.2) is 0 Å². The predicted molar refractivity (Wildman–Crippen MR) is 87.2 cm³/mol. The summed E-state index contributed by atoms with van der Waals surface area (Å²) in [6, 6.07) is -0.479. The molecule has 2 N–H and O–H groups in total. The Bertz CT molecular complexity index is 303. The number of hydrogen-bond donors (Lipinski definition) is 1. The zero-order valence-corrected chi connectivity index (χ0v) is 14.2. The third-order valence-corrected chi connectivity index (χ3v) is 5.11. The number of likely N-dealkylation sites (tertiary alicyclic amines) is 1. The van der Waals surface area contributed by atoms with Crippen molar-refractivity contribution in [3.05, 3.63) is 0 Å². The van der Waals surface area contributed by atoms with E-state index in [0.29, 0.717) is 0 Å². The van der Waals surface area contributed by atoms with Crippen molar-refractivity contribution in [1.82, 2.24) is 4.90 Å². The lowest BCUT2D eigenvalue weighted by Crippen LogP contribution is -2.51. The molecule has 124 valence electrons. The Morgan fingerprint density at radius 2 is 1.90 bits per heavy atom. The normalized spacial score (nSPS) is 20.8. The van der Waals surface area contributed by atoms with Crippen LogP contribution >= 0.6 is 0 Å². The lowest BCUT2D eigenvalue weighted by Gasteiger charge is -2.46. The number of esters is 1. The van der Waals surface area contributed by atoms with Gasteiger partial charge in [-0.1, -0.05) is 33.1 Å². The molecule has 1 aliphatic rings. The molecule has 4 heteroatoms. The van der Waals surface area contributed by atoms with E-state index in [-0.39, 0.29) is 11.5 Å². The smallest absolute Gasteiger partial charge is 0.322 e. The Balaban J connectivity index is 2.71. The van der Waals surface area contributed by atoms with Gasteiger partial charge < -0.3 is 10.5 Å². The van der Waals surface area contributed by atoms with Crippen LogP contribution in [0.2, 0.25) is 0 Å². The number of methoxy groups -OCH3 is 1. The van der Waals surface area contributed by atoms with Gasteiger partial charge in [0.05, 0.1) is 7.11 Å². The number of nitrogens with zero attached hydrogens (tertiary/aromatic N) is 1. The van der Waals surface area contributed by atoms with E-state index >= 15 is 0 Å². The van der Waals surface area contributed by atoms with Gasteiger partial charge in [0.25, 0.3) is 0 Å². The van der Waals surface area contributed by atoms with Crippen LogP contribution < -0.4 is 5.73 Å². The molecule has 1 heterocycles. The number of ether oxygens (including phenoxy) is 1. The first-order chi connectivity index (χ1) is 10.1. The van der Waals surface area contributed by atoms with Gasteiger partial charge in [0.2, 0.25) is 0 Å². The van der Waals surface area contributed by atoms with E-state index in [9.17, 15) is 4.79 Å². The Kier molecular flexibility index (Phi) is 8.27. The molecular weight excluding hydrogens is 264 g/mol. The number of nitrogens with two attached hydrogens (primary N) is 1. The second-order valence-corrected chi connectivity index (χ2v) is 6.40. The Labute approximate surface area is 130 Å². The summed E-state index contributed by atoms with van der Waals surface area (Å²) in [5.41, 5.74) is 6.18. The highest BCUT2D eigenvalue weighted by molar-refractivity contribution is 5.75. The van der Waals surface area contributed by atoms with Crippen LogP contribution in [0.1, 0.15) is 71.6 Å².